The molecular weight excluding hydrogens is 392 g/mol. The molecule has 0 fully saturated rings. The number of benzene rings is 2. The molecule has 0 saturated carbocycles. The molecule has 8 heteroatoms. The van der Waals surface area contributed by atoms with E-state index in [2.05, 4.69) is 5.32 Å². The minimum Gasteiger partial charge on any atom is -0.422 e. The molecule has 1 N–H and O–H groups in total. The van der Waals surface area contributed by atoms with Gasteiger partial charge in [0.1, 0.15) is 11.1 Å². The first kappa shape index (κ1) is 19.2. The maximum Gasteiger partial charge on any atom is 0.349 e. The first-order valence-electron chi connectivity index (χ1n) is 9.36. The first-order valence-corrected chi connectivity index (χ1v) is 11.0. The molecule has 0 unspecified atom stereocenters. The van der Waals surface area contributed by atoms with E-state index < -0.39 is 21.6 Å². The Labute approximate surface area is 168 Å². The SMILES string of the molecule is CCS(=O)(=O)N1CCCc2ccc(NC(=O)c3cc4ccccc4oc3=O)cc21. The van der Waals surface area contributed by atoms with Gasteiger partial charge in [-0.3, -0.25) is 9.10 Å². The fourth-order valence-corrected chi connectivity index (χ4v) is 4.67. The molecule has 0 atom stereocenters. The van der Waals surface area contributed by atoms with Crippen LogP contribution in [0.1, 0.15) is 29.3 Å². The van der Waals surface area contributed by atoms with Crippen LogP contribution < -0.4 is 15.2 Å². The second-order valence-electron chi connectivity index (χ2n) is 6.86. The van der Waals surface area contributed by atoms with Crippen LogP contribution in [0.2, 0.25) is 0 Å². The predicted molar refractivity (Wildman–Crippen MR) is 112 cm³/mol. The number of carbonyl (C=O) groups is 1. The summed E-state index contributed by atoms with van der Waals surface area (Å²) in [5.74, 6) is -0.605. The van der Waals surface area contributed by atoms with Crippen molar-refractivity contribution in [1.82, 2.24) is 0 Å². The fraction of sp³-hybridized carbons (Fsp3) is 0.238. The van der Waals surface area contributed by atoms with Crippen molar-refractivity contribution in [2.75, 3.05) is 21.9 Å². The molecule has 1 aliphatic rings. The van der Waals surface area contributed by atoms with E-state index in [4.69, 9.17) is 4.42 Å². The number of para-hydroxylation sites is 1. The van der Waals surface area contributed by atoms with Gasteiger partial charge in [0.2, 0.25) is 10.0 Å². The van der Waals surface area contributed by atoms with Crippen molar-refractivity contribution in [3.63, 3.8) is 0 Å². The van der Waals surface area contributed by atoms with Gasteiger partial charge in [0.05, 0.1) is 11.4 Å². The molecule has 1 aliphatic heterocycles. The van der Waals surface area contributed by atoms with E-state index >= 15 is 0 Å². The molecule has 1 amide bonds. The highest BCUT2D eigenvalue weighted by molar-refractivity contribution is 7.92. The van der Waals surface area contributed by atoms with E-state index in [9.17, 15) is 18.0 Å². The Morgan fingerprint density at radius 2 is 1.97 bits per heavy atom. The Morgan fingerprint density at radius 1 is 1.17 bits per heavy atom. The van der Waals surface area contributed by atoms with Crippen molar-refractivity contribution in [2.24, 2.45) is 0 Å². The van der Waals surface area contributed by atoms with E-state index in [0.717, 1.165) is 18.4 Å². The zero-order valence-corrected chi connectivity index (χ0v) is 16.7. The number of amides is 1. The largest absolute Gasteiger partial charge is 0.422 e. The normalized spacial score (nSPS) is 13.9. The Kier molecular flexibility index (Phi) is 4.87. The molecule has 0 bridgehead atoms. The monoisotopic (exact) mass is 412 g/mol. The number of hydrogen-bond donors (Lipinski definition) is 1. The van der Waals surface area contributed by atoms with Crippen LogP contribution in [0, 0.1) is 0 Å². The number of nitrogens with one attached hydrogen (secondary N) is 1. The van der Waals surface area contributed by atoms with Crippen molar-refractivity contribution >= 4 is 38.3 Å². The second kappa shape index (κ2) is 7.36. The third kappa shape index (κ3) is 3.63. The van der Waals surface area contributed by atoms with E-state index in [-0.39, 0.29) is 11.3 Å². The second-order valence-corrected chi connectivity index (χ2v) is 9.04. The maximum absolute atomic E-state index is 12.7. The molecule has 0 spiro atoms. The average Bonchev–Trinajstić information content (AvgIpc) is 2.72. The number of aryl methyl sites for hydroxylation is 1. The number of hydrogen-bond acceptors (Lipinski definition) is 5. The molecule has 1 aromatic heterocycles. The van der Waals surface area contributed by atoms with Crippen molar-refractivity contribution < 1.29 is 17.6 Å². The maximum atomic E-state index is 12.7. The summed E-state index contributed by atoms with van der Waals surface area (Å²) in [5, 5.41) is 3.33. The van der Waals surface area contributed by atoms with E-state index in [1.807, 2.05) is 6.07 Å². The Balaban J connectivity index is 1.67. The van der Waals surface area contributed by atoms with Gasteiger partial charge in [0, 0.05) is 17.6 Å². The van der Waals surface area contributed by atoms with E-state index in [1.165, 1.54) is 10.4 Å². The molecule has 3 aromatic rings. The van der Waals surface area contributed by atoms with Gasteiger partial charge < -0.3 is 9.73 Å². The lowest BCUT2D eigenvalue weighted by atomic mass is 10.0. The predicted octanol–water partition coefficient (Wildman–Crippen LogP) is 3.15. The van der Waals surface area contributed by atoms with Gasteiger partial charge in [0.25, 0.3) is 5.91 Å². The standard InChI is InChI=1S/C21H20N2O5S/c1-2-29(26,27)23-11-5-7-14-9-10-16(13-18(14)23)22-20(24)17-12-15-6-3-4-8-19(15)28-21(17)25/h3-4,6,8-10,12-13H,2,5,7,11H2,1H3,(H,22,24). The molecule has 0 radical (unpaired) electrons. The van der Waals surface area contributed by atoms with Crippen LogP contribution in [0.25, 0.3) is 11.0 Å². The number of anilines is 2. The zero-order chi connectivity index (χ0) is 20.6. The van der Waals surface area contributed by atoms with Crippen LogP contribution >= 0.6 is 0 Å². The Morgan fingerprint density at radius 3 is 2.76 bits per heavy atom. The summed E-state index contributed by atoms with van der Waals surface area (Å²) in [7, 11) is -3.41. The molecule has 7 nitrogen and oxygen atoms in total. The zero-order valence-electron chi connectivity index (χ0n) is 15.8. The highest BCUT2D eigenvalue weighted by atomic mass is 32.2. The number of nitrogens with zero attached hydrogens (tertiary/aromatic N) is 1. The number of rotatable bonds is 4. The van der Waals surface area contributed by atoms with Crippen LogP contribution in [-0.4, -0.2) is 26.6 Å². The van der Waals surface area contributed by atoms with Crippen molar-refractivity contribution in [3.05, 3.63) is 70.1 Å². The third-order valence-electron chi connectivity index (χ3n) is 5.01. The highest BCUT2D eigenvalue weighted by Gasteiger charge is 2.26. The van der Waals surface area contributed by atoms with Crippen LogP contribution in [-0.2, 0) is 16.4 Å². The molecule has 150 valence electrons. The molecular formula is C21H20N2O5S. The molecule has 0 saturated heterocycles. The van der Waals surface area contributed by atoms with Gasteiger partial charge in [-0.15, -0.1) is 0 Å². The lowest BCUT2D eigenvalue weighted by Crippen LogP contribution is -2.36. The molecule has 29 heavy (non-hydrogen) atoms. The lowest BCUT2D eigenvalue weighted by Gasteiger charge is -2.30. The topological polar surface area (TPSA) is 96.7 Å². The quantitative estimate of drug-likeness (QED) is 0.664. The number of fused-ring (bicyclic) bond motifs is 2. The van der Waals surface area contributed by atoms with E-state index in [1.54, 1.807) is 43.3 Å². The van der Waals surface area contributed by atoms with Gasteiger partial charge in [-0.05, 0) is 49.6 Å². The smallest absolute Gasteiger partial charge is 0.349 e. The Bertz CT molecular complexity index is 1260. The van der Waals surface area contributed by atoms with Gasteiger partial charge in [0.15, 0.2) is 0 Å². The lowest BCUT2D eigenvalue weighted by molar-refractivity contribution is 0.102. The van der Waals surface area contributed by atoms with Crippen molar-refractivity contribution in [1.29, 1.82) is 0 Å². The summed E-state index contributed by atoms with van der Waals surface area (Å²) in [6, 6.07) is 13.6. The minimum absolute atomic E-state index is 0.00115. The van der Waals surface area contributed by atoms with Gasteiger partial charge in [-0.1, -0.05) is 24.3 Å². The molecule has 2 heterocycles. The Hall–Kier alpha value is -3.13. The van der Waals surface area contributed by atoms with Gasteiger partial charge in [-0.25, -0.2) is 13.2 Å². The average molecular weight is 412 g/mol. The first-order chi connectivity index (χ1) is 13.9. The van der Waals surface area contributed by atoms with Gasteiger partial charge >= 0.3 is 5.63 Å². The van der Waals surface area contributed by atoms with Crippen LogP contribution in [0.4, 0.5) is 11.4 Å². The summed E-state index contributed by atoms with van der Waals surface area (Å²) >= 11 is 0. The minimum atomic E-state index is -3.41. The van der Waals surface area contributed by atoms with Crippen molar-refractivity contribution in [3.8, 4) is 0 Å². The molecule has 4 rings (SSSR count). The summed E-state index contributed by atoms with van der Waals surface area (Å²) in [6.07, 6.45) is 1.52. The summed E-state index contributed by atoms with van der Waals surface area (Å²) < 4.78 is 31.5. The number of sulfonamides is 1. The summed E-state index contributed by atoms with van der Waals surface area (Å²) in [6.45, 7) is 2.02. The van der Waals surface area contributed by atoms with Crippen LogP contribution in [0.5, 0.6) is 0 Å². The van der Waals surface area contributed by atoms with Crippen LogP contribution in [0.3, 0.4) is 0 Å². The molecule has 0 aliphatic carbocycles. The fourth-order valence-electron chi connectivity index (χ4n) is 3.48. The third-order valence-corrected chi connectivity index (χ3v) is 6.79. The molecule has 2 aromatic carbocycles. The van der Waals surface area contributed by atoms with E-state index in [0.29, 0.717) is 28.9 Å². The summed E-state index contributed by atoms with van der Waals surface area (Å²) in [4.78, 5) is 24.9. The summed E-state index contributed by atoms with van der Waals surface area (Å²) in [5.41, 5.74) is 1.47. The van der Waals surface area contributed by atoms with Crippen molar-refractivity contribution in [2.45, 2.75) is 19.8 Å². The number of carbonyl (C=O) groups excluding carboxylic acids is 1. The van der Waals surface area contributed by atoms with Crippen LogP contribution in [0.15, 0.2) is 57.7 Å². The highest BCUT2D eigenvalue weighted by Crippen LogP contribution is 2.32. The van der Waals surface area contributed by atoms with Gasteiger partial charge in [-0.2, -0.15) is 0 Å².